The minimum atomic E-state index is 0.538. The second-order valence-electron chi connectivity index (χ2n) is 2.35. The Labute approximate surface area is 64.5 Å². The van der Waals surface area contributed by atoms with Crippen LogP contribution in [0.15, 0.2) is 23.2 Å². The first-order valence-electron chi connectivity index (χ1n) is 3.41. The second-order valence-corrected chi connectivity index (χ2v) is 2.35. The molecule has 3 nitrogen and oxygen atoms in total. The molecule has 0 atom stereocenters. The molecule has 0 fully saturated rings. The Bertz CT molecular complexity index is 307. The third-order valence-corrected chi connectivity index (χ3v) is 1.53. The van der Waals surface area contributed by atoms with Gasteiger partial charge in [-0.25, -0.2) is 0 Å². The summed E-state index contributed by atoms with van der Waals surface area (Å²) in [5.41, 5.74) is 7.11. The van der Waals surface area contributed by atoms with Crippen molar-refractivity contribution in [2.75, 3.05) is 12.3 Å². The zero-order chi connectivity index (χ0) is 7.68. The highest BCUT2D eigenvalue weighted by atomic mass is 16.5. The molecule has 11 heavy (non-hydrogen) atoms. The fourth-order valence-electron chi connectivity index (χ4n) is 1.02. The van der Waals surface area contributed by atoms with Crippen molar-refractivity contribution in [2.24, 2.45) is 4.99 Å². The van der Waals surface area contributed by atoms with Gasteiger partial charge in [-0.2, -0.15) is 0 Å². The van der Waals surface area contributed by atoms with Gasteiger partial charge in [-0.3, -0.25) is 4.99 Å². The van der Waals surface area contributed by atoms with Crippen LogP contribution in [0.4, 0.5) is 11.4 Å². The molecule has 1 aromatic rings. The molecule has 0 saturated carbocycles. The van der Waals surface area contributed by atoms with Crippen molar-refractivity contribution in [2.45, 2.75) is 0 Å². The topological polar surface area (TPSA) is 47.6 Å². The minimum Gasteiger partial charge on any atom is -0.486 e. The van der Waals surface area contributed by atoms with Gasteiger partial charge in [0.05, 0.1) is 0 Å². The molecule has 2 N–H and O–H groups in total. The normalized spacial score (nSPS) is 13.8. The van der Waals surface area contributed by atoms with E-state index in [2.05, 4.69) is 4.99 Å². The summed E-state index contributed by atoms with van der Waals surface area (Å²) in [6, 6.07) is 5.44. The van der Waals surface area contributed by atoms with Crippen molar-refractivity contribution in [3.63, 3.8) is 0 Å². The van der Waals surface area contributed by atoms with Crippen LogP contribution in [0.25, 0.3) is 0 Å². The van der Waals surface area contributed by atoms with E-state index in [-0.39, 0.29) is 0 Å². The Kier molecular flexibility index (Phi) is 1.28. The van der Waals surface area contributed by atoms with E-state index in [0.717, 1.165) is 11.4 Å². The van der Waals surface area contributed by atoms with Crippen LogP contribution >= 0.6 is 0 Å². The maximum Gasteiger partial charge on any atom is 0.147 e. The first-order valence-corrected chi connectivity index (χ1v) is 3.41. The van der Waals surface area contributed by atoms with Crippen LogP contribution in [-0.2, 0) is 0 Å². The van der Waals surface area contributed by atoms with Crippen LogP contribution < -0.4 is 10.5 Å². The van der Waals surface area contributed by atoms with Crippen LogP contribution in [0.5, 0.6) is 5.75 Å². The van der Waals surface area contributed by atoms with Crippen LogP contribution in [0.2, 0.25) is 0 Å². The van der Waals surface area contributed by atoms with Crippen LogP contribution in [0.1, 0.15) is 0 Å². The minimum absolute atomic E-state index is 0.538. The highest BCUT2D eigenvalue weighted by Crippen LogP contribution is 2.30. The van der Waals surface area contributed by atoms with Gasteiger partial charge in [-0.15, -0.1) is 0 Å². The van der Waals surface area contributed by atoms with Gasteiger partial charge in [-0.1, -0.05) is 0 Å². The third-order valence-electron chi connectivity index (χ3n) is 1.53. The number of nitrogens with zero attached hydrogens (tertiary/aromatic N) is 1. The van der Waals surface area contributed by atoms with Gasteiger partial charge in [0.2, 0.25) is 0 Å². The predicted octanol–water partition coefficient (Wildman–Crippen LogP) is 1.36. The van der Waals surface area contributed by atoms with Gasteiger partial charge >= 0.3 is 0 Å². The zero-order valence-electron chi connectivity index (χ0n) is 5.95. The maximum atomic E-state index is 5.55. The number of aliphatic imine (C=N–C) groups is 1. The number of anilines is 1. The maximum absolute atomic E-state index is 5.55. The van der Waals surface area contributed by atoms with E-state index in [9.17, 15) is 0 Å². The molecule has 2 rings (SSSR count). The highest BCUT2D eigenvalue weighted by molar-refractivity contribution is 5.72. The first kappa shape index (κ1) is 6.22. The molecule has 1 aliphatic heterocycles. The fraction of sp³-hybridized carbons (Fsp3) is 0.125. The van der Waals surface area contributed by atoms with Gasteiger partial charge in [0, 0.05) is 18.0 Å². The number of hydrogen-bond acceptors (Lipinski definition) is 3. The van der Waals surface area contributed by atoms with Gasteiger partial charge in [0.25, 0.3) is 0 Å². The summed E-state index contributed by atoms with van der Waals surface area (Å²) < 4.78 is 5.27. The van der Waals surface area contributed by atoms with Gasteiger partial charge in [0.1, 0.15) is 18.0 Å². The van der Waals surface area contributed by atoms with Gasteiger partial charge < -0.3 is 10.5 Å². The van der Waals surface area contributed by atoms with E-state index in [1.165, 1.54) is 0 Å². The van der Waals surface area contributed by atoms with E-state index >= 15 is 0 Å². The van der Waals surface area contributed by atoms with Crippen molar-refractivity contribution < 1.29 is 4.74 Å². The summed E-state index contributed by atoms with van der Waals surface area (Å²) in [5.74, 6) is 0.771. The smallest absolute Gasteiger partial charge is 0.147 e. The number of ether oxygens (including phenoxy) is 1. The number of fused-ring (bicyclic) bond motifs is 1. The van der Waals surface area contributed by atoms with Gasteiger partial charge in [-0.05, 0) is 12.1 Å². The van der Waals surface area contributed by atoms with Crippen molar-refractivity contribution in [3.05, 3.63) is 18.2 Å². The van der Waals surface area contributed by atoms with E-state index in [1.807, 2.05) is 12.1 Å². The van der Waals surface area contributed by atoms with Crippen molar-refractivity contribution in [3.8, 4) is 5.75 Å². The Morgan fingerprint density at radius 3 is 3.27 bits per heavy atom. The lowest BCUT2D eigenvalue weighted by Crippen LogP contribution is -2.02. The standard InChI is InChI=1S/C8H8N2O/c9-6-1-2-7-8(5-6)11-4-3-10-7/h1-3,5H,4,9H2. The van der Waals surface area contributed by atoms with Crippen LogP contribution in [0.3, 0.4) is 0 Å². The molecule has 0 amide bonds. The summed E-state index contributed by atoms with van der Waals surface area (Å²) in [7, 11) is 0. The Morgan fingerprint density at radius 1 is 1.45 bits per heavy atom. The Morgan fingerprint density at radius 2 is 2.36 bits per heavy atom. The molecule has 0 unspecified atom stereocenters. The third kappa shape index (κ3) is 1.05. The monoisotopic (exact) mass is 148 g/mol. The molecule has 56 valence electrons. The predicted molar refractivity (Wildman–Crippen MR) is 44.5 cm³/mol. The molecule has 0 radical (unpaired) electrons. The number of benzene rings is 1. The largest absolute Gasteiger partial charge is 0.486 e. The molecule has 0 bridgehead atoms. The molecule has 0 spiro atoms. The summed E-state index contributed by atoms with van der Waals surface area (Å²) in [6.45, 7) is 0.538. The Balaban J connectivity index is 2.53. The molecule has 3 heteroatoms. The fourth-order valence-corrected chi connectivity index (χ4v) is 1.02. The zero-order valence-corrected chi connectivity index (χ0v) is 5.95. The first-order chi connectivity index (χ1) is 5.36. The average Bonchev–Trinajstić information content (AvgIpc) is 2.04. The molecule has 0 saturated heterocycles. The number of rotatable bonds is 0. The quantitative estimate of drug-likeness (QED) is 0.565. The molecule has 1 heterocycles. The summed E-state index contributed by atoms with van der Waals surface area (Å²) >= 11 is 0. The number of hydrogen-bond donors (Lipinski definition) is 1. The molecule has 0 aliphatic carbocycles. The average molecular weight is 148 g/mol. The van der Waals surface area contributed by atoms with E-state index in [1.54, 1.807) is 12.3 Å². The Hall–Kier alpha value is -1.51. The van der Waals surface area contributed by atoms with Crippen LogP contribution in [0, 0.1) is 0 Å². The van der Waals surface area contributed by atoms with Crippen molar-refractivity contribution >= 4 is 17.6 Å². The summed E-state index contributed by atoms with van der Waals surface area (Å²) in [4.78, 5) is 4.13. The number of nitrogen functional groups attached to an aromatic ring is 1. The molecule has 1 aliphatic rings. The van der Waals surface area contributed by atoms with Crippen LogP contribution in [-0.4, -0.2) is 12.8 Å². The van der Waals surface area contributed by atoms with Crippen molar-refractivity contribution in [1.29, 1.82) is 0 Å². The van der Waals surface area contributed by atoms with Gasteiger partial charge in [0.15, 0.2) is 0 Å². The second kappa shape index (κ2) is 2.27. The molecule has 1 aromatic carbocycles. The lowest BCUT2D eigenvalue weighted by Gasteiger charge is -2.10. The highest BCUT2D eigenvalue weighted by Gasteiger charge is 2.05. The lowest BCUT2D eigenvalue weighted by molar-refractivity contribution is 0.377. The van der Waals surface area contributed by atoms with Crippen molar-refractivity contribution in [1.82, 2.24) is 0 Å². The van der Waals surface area contributed by atoms with E-state index < -0.39 is 0 Å². The lowest BCUT2D eigenvalue weighted by atomic mass is 10.2. The SMILES string of the molecule is Nc1ccc2c(c1)OCC=N2. The molecular formula is C8H8N2O. The number of nitrogens with two attached hydrogens (primary N) is 1. The summed E-state index contributed by atoms with van der Waals surface area (Å²) in [5, 5.41) is 0. The summed E-state index contributed by atoms with van der Waals surface area (Å²) in [6.07, 6.45) is 1.73. The molecular weight excluding hydrogens is 140 g/mol. The van der Waals surface area contributed by atoms with E-state index in [4.69, 9.17) is 10.5 Å². The molecule has 0 aromatic heterocycles. The van der Waals surface area contributed by atoms with E-state index in [0.29, 0.717) is 12.3 Å².